The van der Waals surface area contributed by atoms with Gasteiger partial charge in [0.1, 0.15) is 5.82 Å². The topological polar surface area (TPSA) is 74.5 Å². The molecule has 1 aromatic heterocycles. The van der Waals surface area contributed by atoms with Crippen LogP contribution in [0.4, 0.5) is 23.2 Å². The minimum atomic E-state index is -4.55. The van der Waals surface area contributed by atoms with E-state index >= 15 is 0 Å². The summed E-state index contributed by atoms with van der Waals surface area (Å²) in [5.41, 5.74) is -0.0719. The maximum Gasteiger partial charge on any atom is 0.418 e. The summed E-state index contributed by atoms with van der Waals surface area (Å²) in [5.74, 6) is -0.143. The Morgan fingerprint density at radius 3 is 2.54 bits per heavy atom. The van der Waals surface area contributed by atoms with E-state index in [1.165, 1.54) is 24.3 Å². The highest BCUT2D eigenvalue weighted by molar-refractivity contribution is 5.93. The number of rotatable bonds is 6. The number of para-hydroxylation sites is 1. The Morgan fingerprint density at radius 1 is 1.14 bits per heavy atom. The molecule has 0 spiro atoms. The number of alkyl halides is 3. The van der Waals surface area contributed by atoms with Gasteiger partial charge in [0.25, 0.3) is 0 Å². The summed E-state index contributed by atoms with van der Waals surface area (Å²) in [5, 5.41) is 6.34. The molecular formula is C24H25F4N5O2. The fourth-order valence-electron chi connectivity index (χ4n) is 3.95. The number of aryl methyl sites for hydroxylation is 1. The van der Waals surface area contributed by atoms with E-state index in [4.69, 9.17) is 4.52 Å². The van der Waals surface area contributed by atoms with E-state index in [-0.39, 0.29) is 24.1 Å². The number of anilines is 1. The van der Waals surface area contributed by atoms with Gasteiger partial charge in [-0.2, -0.15) is 18.2 Å². The van der Waals surface area contributed by atoms with Crippen LogP contribution in [0, 0.1) is 12.7 Å². The Kier molecular flexibility index (Phi) is 7.18. The van der Waals surface area contributed by atoms with Crippen molar-refractivity contribution in [3.63, 3.8) is 0 Å². The fourth-order valence-corrected chi connectivity index (χ4v) is 3.95. The van der Waals surface area contributed by atoms with Crippen molar-refractivity contribution in [1.29, 1.82) is 0 Å². The van der Waals surface area contributed by atoms with Crippen molar-refractivity contribution < 1.29 is 26.9 Å². The normalized spacial score (nSPS) is 16.3. The number of hydrogen-bond donors (Lipinski definition) is 1. The summed E-state index contributed by atoms with van der Waals surface area (Å²) in [4.78, 5) is 20.8. The Bertz CT molecular complexity index is 1190. The smallest absolute Gasteiger partial charge is 0.337 e. The standard InChI is InChI=1S/C24H25F4N5O2/c1-15-7-8-17(13-19(15)25)22-30-23(35-31-22)16(2)33-11-9-32(10-12-33)14-21(34)29-20-6-4-3-5-18(20)24(26,27)28/h3-8,13,16H,9-12,14H2,1-2H3,(H,29,34)/t16-/m1/s1. The summed E-state index contributed by atoms with van der Waals surface area (Å²) in [6.07, 6.45) is -4.55. The van der Waals surface area contributed by atoms with Crippen molar-refractivity contribution in [3.05, 3.63) is 65.3 Å². The molecule has 186 valence electrons. The molecule has 4 rings (SSSR count). The zero-order valence-corrected chi connectivity index (χ0v) is 19.3. The summed E-state index contributed by atoms with van der Waals surface area (Å²) < 4.78 is 58.7. The largest absolute Gasteiger partial charge is 0.418 e. The molecule has 1 saturated heterocycles. The molecular weight excluding hydrogens is 466 g/mol. The number of carbonyl (C=O) groups is 1. The molecule has 3 aromatic rings. The predicted octanol–water partition coefficient (Wildman–Crippen LogP) is 4.52. The van der Waals surface area contributed by atoms with Crippen LogP contribution in [0.3, 0.4) is 0 Å². The first-order valence-electron chi connectivity index (χ1n) is 11.1. The zero-order chi connectivity index (χ0) is 25.2. The van der Waals surface area contributed by atoms with Crippen molar-refractivity contribution in [2.75, 3.05) is 38.0 Å². The highest BCUT2D eigenvalue weighted by atomic mass is 19.4. The first-order chi connectivity index (χ1) is 16.6. The highest BCUT2D eigenvalue weighted by Crippen LogP contribution is 2.34. The predicted molar refractivity (Wildman–Crippen MR) is 121 cm³/mol. The van der Waals surface area contributed by atoms with Crippen molar-refractivity contribution in [1.82, 2.24) is 19.9 Å². The third-order valence-corrected chi connectivity index (χ3v) is 6.06. The minimum absolute atomic E-state index is 0.0158. The molecule has 0 saturated carbocycles. The molecule has 0 radical (unpaired) electrons. The van der Waals surface area contributed by atoms with Crippen LogP contribution in [0.1, 0.15) is 30.0 Å². The molecule has 7 nitrogen and oxygen atoms in total. The van der Waals surface area contributed by atoms with E-state index in [1.807, 2.05) is 11.8 Å². The number of carbonyl (C=O) groups excluding carboxylic acids is 1. The average Bonchev–Trinajstić information content (AvgIpc) is 3.31. The quantitative estimate of drug-likeness (QED) is 0.511. The summed E-state index contributed by atoms with van der Waals surface area (Å²) in [6.45, 7) is 5.87. The van der Waals surface area contributed by atoms with E-state index in [0.29, 0.717) is 49.0 Å². The minimum Gasteiger partial charge on any atom is -0.337 e. The Labute approximate surface area is 199 Å². The van der Waals surface area contributed by atoms with Gasteiger partial charge in [-0.25, -0.2) is 4.39 Å². The number of hydrogen-bond acceptors (Lipinski definition) is 6. The number of nitrogens with zero attached hydrogens (tertiary/aromatic N) is 4. The molecule has 35 heavy (non-hydrogen) atoms. The van der Waals surface area contributed by atoms with Crippen molar-refractivity contribution in [2.45, 2.75) is 26.1 Å². The third-order valence-electron chi connectivity index (χ3n) is 6.06. The van der Waals surface area contributed by atoms with Gasteiger partial charge in [0.2, 0.25) is 17.6 Å². The molecule has 1 N–H and O–H groups in total. The lowest BCUT2D eigenvalue weighted by Gasteiger charge is -2.36. The van der Waals surface area contributed by atoms with E-state index in [0.717, 1.165) is 6.07 Å². The summed E-state index contributed by atoms with van der Waals surface area (Å²) >= 11 is 0. The first kappa shape index (κ1) is 24.8. The number of nitrogens with one attached hydrogen (secondary N) is 1. The van der Waals surface area contributed by atoms with E-state index in [9.17, 15) is 22.4 Å². The van der Waals surface area contributed by atoms with Gasteiger partial charge >= 0.3 is 6.18 Å². The van der Waals surface area contributed by atoms with Gasteiger partial charge < -0.3 is 9.84 Å². The van der Waals surface area contributed by atoms with Crippen LogP contribution in [0.5, 0.6) is 0 Å². The average molecular weight is 491 g/mol. The third kappa shape index (κ3) is 5.85. The van der Waals surface area contributed by atoms with Crippen LogP contribution >= 0.6 is 0 Å². The molecule has 1 aliphatic heterocycles. The SMILES string of the molecule is Cc1ccc(-c2noc([C@@H](C)N3CCN(CC(=O)Nc4ccccc4C(F)(F)F)CC3)n2)cc1F. The monoisotopic (exact) mass is 491 g/mol. The van der Waals surface area contributed by atoms with Crippen LogP contribution < -0.4 is 5.32 Å². The van der Waals surface area contributed by atoms with Crippen molar-refractivity contribution >= 4 is 11.6 Å². The molecule has 1 atom stereocenters. The van der Waals surface area contributed by atoms with E-state index < -0.39 is 17.6 Å². The molecule has 2 heterocycles. The second-order valence-corrected chi connectivity index (χ2v) is 8.50. The van der Waals surface area contributed by atoms with Gasteiger partial charge in [-0.3, -0.25) is 14.6 Å². The van der Waals surface area contributed by atoms with Crippen LogP contribution in [0.25, 0.3) is 11.4 Å². The maximum absolute atomic E-state index is 13.9. The van der Waals surface area contributed by atoms with Crippen LogP contribution in [0.2, 0.25) is 0 Å². The van der Waals surface area contributed by atoms with Gasteiger partial charge in [0.05, 0.1) is 23.8 Å². The second-order valence-electron chi connectivity index (χ2n) is 8.50. The van der Waals surface area contributed by atoms with Gasteiger partial charge in [-0.15, -0.1) is 0 Å². The first-order valence-corrected chi connectivity index (χ1v) is 11.1. The van der Waals surface area contributed by atoms with Crippen LogP contribution in [0.15, 0.2) is 47.0 Å². The second kappa shape index (κ2) is 10.1. The molecule has 0 unspecified atom stereocenters. The summed E-state index contributed by atoms with van der Waals surface area (Å²) in [6, 6.07) is 9.47. The fraction of sp³-hybridized carbons (Fsp3) is 0.375. The lowest BCUT2D eigenvalue weighted by molar-refractivity contribution is -0.137. The molecule has 11 heteroatoms. The van der Waals surface area contributed by atoms with Gasteiger partial charge in [-0.1, -0.05) is 29.4 Å². The van der Waals surface area contributed by atoms with E-state index in [2.05, 4.69) is 20.4 Å². The van der Waals surface area contributed by atoms with Crippen molar-refractivity contribution in [2.24, 2.45) is 0 Å². The van der Waals surface area contributed by atoms with Crippen molar-refractivity contribution in [3.8, 4) is 11.4 Å². The van der Waals surface area contributed by atoms with Gasteiger partial charge in [-0.05, 0) is 37.6 Å². The van der Waals surface area contributed by atoms with Crippen LogP contribution in [-0.2, 0) is 11.0 Å². The number of aromatic nitrogens is 2. The molecule has 2 aromatic carbocycles. The van der Waals surface area contributed by atoms with Gasteiger partial charge in [0, 0.05) is 31.7 Å². The number of halogens is 4. The zero-order valence-electron chi connectivity index (χ0n) is 19.3. The van der Waals surface area contributed by atoms with E-state index in [1.54, 1.807) is 19.1 Å². The van der Waals surface area contributed by atoms with Crippen LogP contribution in [-0.4, -0.2) is 58.6 Å². The Hall–Kier alpha value is -3.31. The maximum atomic E-state index is 13.9. The highest BCUT2D eigenvalue weighted by Gasteiger charge is 2.34. The Balaban J connectivity index is 1.31. The van der Waals surface area contributed by atoms with Gasteiger partial charge in [0.15, 0.2) is 0 Å². The summed E-state index contributed by atoms with van der Waals surface area (Å²) in [7, 11) is 0. The molecule has 1 amide bonds. The lowest BCUT2D eigenvalue weighted by Crippen LogP contribution is -2.49. The number of amides is 1. The number of benzene rings is 2. The lowest BCUT2D eigenvalue weighted by atomic mass is 10.1. The molecule has 0 aliphatic carbocycles. The Morgan fingerprint density at radius 2 is 1.86 bits per heavy atom. The number of piperazine rings is 1. The molecule has 0 bridgehead atoms. The molecule has 1 fully saturated rings. The molecule has 1 aliphatic rings.